The van der Waals surface area contributed by atoms with Crippen molar-refractivity contribution in [2.45, 2.75) is 6.17 Å². The van der Waals surface area contributed by atoms with Crippen LogP contribution in [0, 0.1) is 12.3 Å². The summed E-state index contributed by atoms with van der Waals surface area (Å²) in [5, 5.41) is 8.28. The number of hydrogen-bond donors (Lipinski definition) is 2. The van der Waals surface area contributed by atoms with Crippen molar-refractivity contribution in [1.82, 2.24) is 10.3 Å². The van der Waals surface area contributed by atoms with Gasteiger partial charge in [0, 0.05) is 11.8 Å². The van der Waals surface area contributed by atoms with Crippen LogP contribution in [0.1, 0.15) is 22.1 Å². The fraction of sp³-hybridized carbons (Fsp3) is 0.100. The van der Waals surface area contributed by atoms with Gasteiger partial charge in [0.15, 0.2) is 0 Å². The molecule has 1 amide bonds. The number of nitrogens with one attached hydrogen (secondary N) is 2. The van der Waals surface area contributed by atoms with E-state index in [1.165, 1.54) is 0 Å². The van der Waals surface area contributed by atoms with Crippen LogP contribution in [0.25, 0.3) is 10.8 Å². The normalized spacial score (nSPS) is 15.6. The Kier molecular flexibility index (Phi) is 3.71. The molecule has 3 aromatic rings. The number of terminal acetylenes is 1. The number of carbonyl (C=O) groups excluding carboxylic acids is 1. The highest BCUT2D eigenvalue weighted by molar-refractivity contribution is 6.01. The number of carbonyl (C=O) groups is 1. The predicted octanol–water partition coefficient (Wildman–Crippen LogP) is 3.10. The van der Waals surface area contributed by atoms with Crippen molar-refractivity contribution in [3.8, 4) is 18.1 Å². The summed E-state index contributed by atoms with van der Waals surface area (Å²) in [4.78, 5) is 16.7. The summed E-state index contributed by atoms with van der Waals surface area (Å²) in [5.74, 6) is 3.48. The number of hydrogen-bond acceptors (Lipinski definition) is 4. The van der Waals surface area contributed by atoms with E-state index in [0.29, 0.717) is 17.1 Å². The molecular formula is C20H15N3O2. The molecule has 0 unspecified atom stereocenters. The summed E-state index contributed by atoms with van der Waals surface area (Å²) < 4.78 is 5.72. The zero-order valence-corrected chi connectivity index (χ0v) is 13.3. The van der Waals surface area contributed by atoms with E-state index >= 15 is 0 Å². The smallest absolute Gasteiger partial charge is 0.256 e. The Morgan fingerprint density at radius 1 is 1.12 bits per heavy atom. The summed E-state index contributed by atoms with van der Waals surface area (Å²) >= 11 is 0. The van der Waals surface area contributed by atoms with Gasteiger partial charge in [0.25, 0.3) is 5.91 Å². The zero-order chi connectivity index (χ0) is 17.2. The average Bonchev–Trinajstić information content (AvgIpc) is 2.65. The number of rotatable bonds is 3. The van der Waals surface area contributed by atoms with Crippen molar-refractivity contribution in [2.24, 2.45) is 0 Å². The van der Waals surface area contributed by atoms with Gasteiger partial charge in [-0.2, -0.15) is 0 Å². The number of aromatic nitrogens is 1. The van der Waals surface area contributed by atoms with Crippen LogP contribution in [0.2, 0.25) is 0 Å². The minimum Gasteiger partial charge on any atom is -0.480 e. The third kappa shape index (κ3) is 2.64. The lowest BCUT2D eigenvalue weighted by Crippen LogP contribution is -2.39. The van der Waals surface area contributed by atoms with E-state index in [2.05, 4.69) is 21.5 Å². The van der Waals surface area contributed by atoms with Crippen LogP contribution in [-0.4, -0.2) is 17.5 Å². The van der Waals surface area contributed by atoms with Crippen LogP contribution in [0.5, 0.6) is 5.75 Å². The van der Waals surface area contributed by atoms with Gasteiger partial charge in [0.2, 0.25) is 0 Å². The molecule has 2 heterocycles. The Hall–Kier alpha value is -3.52. The molecule has 1 atom stereocenters. The molecule has 0 radical (unpaired) electrons. The standard InChI is InChI=1S/C20H15N3O2/c1-2-12-25-16-10-9-13-6-3-4-7-14(13)17(16)19-22-18-15(20(24)23-19)8-5-11-21-18/h1,3-11,19H,12H2,(H,21,22)(H,23,24)/t19-/m0/s1. The Bertz CT molecular complexity index is 1010. The van der Waals surface area contributed by atoms with Gasteiger partial charge in [0.1, 0.15) is 24.3 Å². The second kappa shape index (κ2) is 6.17. The van der Waals surface area contributed by atoms with Crippen LogP contribution in [0.15, 0.2) is 54.7 Å². The first-order chi connectivity index (χ1) is 12.3. The molecular weight excluding hydrogens is 314 g/mol. The maximum atomic E-state index is 12.5. The maximum absolute atomic E-state index is 12.5. The molecule has 25 heavy (non-hydrogen) atoms. The lowest BCUT2D eigenvalue weighted by molar-refractivity contribution is 0.0935. The summed E-state index contributed by atoms with van der Waals surface area (Å²) in [7, 11) is 0. The molecule has 4 rings (SSSR count). The van der Waals surface area contributed by atoms with Gasteiger partial charge in [-0.1, -0.05) is 36.3 Å². The lowest BCUT2D eigenvalue weighted by Gasteiger charge is -2.29. The summed E-state index contributed by atoms with van der Waals surface area (Å²) in [6.07, 6.45) is 6.52. The Balaban J connectivity index is 1.85. The van der Waals surface area contributed by atoms with E-state index in [9.17, 15) is 4.79 Å². The third-order valence-corrected chi connectivity index (χ3v) is 4.14. The second-order valence-corrected chi connectivity index (χ2v) is 5.64. The monoisotopic (exact) mass is 329 g/mol. The highest BCUT2D eigenvalue weighted by Gasteiger charge is 2.28. The minimum absolute atomic E-state index is 0.154. The van der Waals surface area contributed by atoms with E-state index in [1.54, 1.807) is 18.3 Å². The van der Waals surface area contributed by atoms with E-state index in [0.717, 1.165) is 16.3 Å². The number of fused-ring (bicyclic) bond motifs is 2. The van der Waals surface area contributed by atoms with Crippen LogP contribution in [0.3, 0.4) is 0 Å². The first-order valence-electron chi connectivity index (χ1n) is 7.88. The maximum Gasteiger partial charge on any atom is 0.256 e. The van der Waals surface area contributed by atoms with Gasteiger partial charge in [-0.15, -0.1) is 6.42 Å². The van der Waals surface area contributed by atoms with Gasteiger partial charge in [-0.05, 0) is 29.0 Å². The van der Waals surface area contributed by atoms with E-state index < -0.39 is 6.17 Å². The van der Waals surface area contributed by atoms with Crippen LogP contribution in [-0.2, 0) is 0 Å². The van der Waals surface area contributed by atoms with Crippen molar-refractivity contribution in [1.29, 1.82) is 0 Å². The van der Waals surface area contributed by atoms with Gasteiger partial charge in [0.05, 0.1) is 5.56 Å². The number of pyridine rings is 1. The number of anilines is 1. The van der Waals surface area contributed by atoms with Crippen molar-refractivity contribution < 1.29 is 9.53 Å². The van der Waals surface area contributed by atoms with Gasteiger partial charge < -0.3 is 15.4 Å². The van der Waals surface area contributed by atoms with Crippen molar-refractivity contribution >= 4 is 22.5 Å². The number of amides is 1. The van der Waals surface area contributed by atoms with E-state index in [4.69, 9.17) is 11.2 Å². The van der Waals surface area contributed by atoms with E-state index in [1.807, 2.05) is 36.4 Å². The topological polar surface area (TPSA) is 63.2 Å². The molecule has 5 nitrogen and oxygen atoms in total. The molecule has 5 heteroatoms. The Morgan fingerprint density at radius 2 is 2.00 bits per heavy atom. The lowest BCUT2D eigenvalue weighted by atomic mass is 9.99. The molecule has 0 saturated heterocycles. The molecule has 1 aliphatic rings. The fourth-order valence-electron chi connectivity index (χ4n) is 3.05. The Morgan fingerprint density at radius 3 is 2.88 bits per heavy atom. The van der Waals surface area contributed by atoms with Gasteiger partial charge in [-0.3, -0.25) is 4.79 Å². The molecule has 2 aromatic carbocycles. The molecule has 0 bridgehead atoms. The first kappa shape index (κ1) is 15.0. The second-order valence-electron chi connectivity index (χ2n) is 5.64. The summed E-state index contributed by atoms with van der Waals surface area (Å²) in [6, 6.07) is 15.2. The average molecular weight is 329 g/mol. The van der Waals surface area contributed by atoms with Crippen LogP contribution < -0.4 is 15.4 Å². The van der Waals surface area contributed by atoms with E-state index in [-0.39, 0.29) is 12.5 Å². The zero-order valence-electron chi connectivity index (χ0n) is 13.3. The number of benzene rings is 2. The highest BCUT2D eigenvalue weighted by atomic mass is 16.5. The largest absolute Gasteiger partial charge is 0.480 e. The molecule has 2 N–H and O–H groups in total. The fourth-order valence-corrected chi connectivity index (χ4v) is 3.05. The first-order valence-corrected chi connectivity index (χ1v) is 7.88. The molecule has 0 fully saturated rings. The summed E-state index contributed by atoms with van der Waals surface area (Å²) in [5.41, 5.74) is 1.35. The number of ether oxygens (including phenoxy) is 1. The van der Waals surface area contributed by atoms with Crippen molar-refractivity contribution in [3.63, 3.8) is 0 Å². The van der Waals surface area contributed by atoms with Crippen LogP contribution in [0.4, 0.5) is 5.82 Å². The molecule has 1 aromatic heterocycles. The predicted molar refractivity (Wildman–Crippen MR) is 96.3 cm³/mol. The molecule has 1 aliphatic heterocycles. The number of nitrogens with zero attached hydrogens (tertiary/aromatic N) is 1. The van der Waals surface area contributed by atoms with Crippen molar-refractivity contribution in [2.75, 3.05) is 11.9 Å². The minimum atomic E-state index is -0.464. The Labute approximate surface area is 145 Å². The van der Waals surface area contributed by atoms with Crippen LogP contribution >= 0.6 is 0 Å². The highest BCUT2D eigenvalue weighted by Crippen LogP contribution is 2.35. The van der Waals surface area contributed by atoms with Gasteiger partial charge >= 0.3 is 0 Å². The molecule has 122 valence electrons. The van der Waals surface area contributed by atoms with Gasteiger partial charge in [-0.25, -0.2) is 4.98 Å². The quantitative estimate of drug-likeness (QED) is 0.725. The van der Waals surface area contributed by atoms with Crippen molar-refractivity contribution in [3.05, 3.63) is 65.9 Å². The summed E-state index contributed by atoms with van der Waals surface area (Å²) in [6.45, 7) is 0.154. The third-order valence-electron chi connectivity index (χ3n) is 4.14. The molecule has 0 saturated carbocycles. The molecule has 0 aliphatic carbocycles. The molecule has 0 spiro atoms. The SMILES string of the molecule is C#CCOc1ccc2ccccc2c1[C@@H]1NC(=O)c2cccnc2N1.